The van der Waals surface area contributed by atoms with Gasteiger partial charge in [-0.1, -0.05) is 0 Å². The van der Waals surface area contributed by atoms with E-state index in [0.29, 0.717) is 0 Å². The zero-order valence-corrected chi connectivity index (χ0v) is 8.22. The molecule has 0 saturated heterocycles. The predicted molar refractivity (Wildman–Crippen MR) is 46.6 cm³/mol. The fraction of sp³-hybridized carbons (Fsp3) is 0.143. The third-order valence-electron chi connectivity index (χ3n) is 1.35. The second-order valence-electron chi connectivity index (χ2n) is 2.10. The molecule has 13 heavy (non-hydrogen) atoms. The van der Waals surface area contributed by atoms with Gasteiger partial charge in [0.15, 0.2) is 5.82 Å². The Balaban J connectivity index is 3.43. The van der Waals surface area contributed by atoms with Crippen molar-refractivity contribution in [2.75, 3.05) is 0 Å². The third-order valence-corrected chi connectivity index (χ3v) is 2.11. The summed E-state index contributed by atoms with van der Waals surface area (Å²) in [5.74, 6) is -1.12. The van der Waals surface area contributed by atoms with Crippen LogP contribution in [-0.2, 0) is 0 Å². The maximum Gasteiger partial charge on any atom is 0.268 e. The zero-order chi connectivity index (χ0) is 10.0. The first kappa shape index (κ1) is 10.2. The van der Waals surface area contributed by atoms with Crippen LogP contribution in [0.15, 0.2) is 6.20 Å². The van der Waals surface area contributed by atoms with Gasteiger partial charge in [0.05, 0.1) is 11.1 Å². The normalized spacial score (nSPS) is 10.2. The van der Waals surface area contributed by atoms with Gasteiger partial charge in [-0.25, -0.2) is 18.2 Å². The molecular weight excluding hydrogens is 296 g/mol. The quantitative estimate of drug-likeness (QED) is 0.590. The fourth-order valence-corrected chi connectivity index (χ4v) is 1.21. The summed E-state index contributed by atoms with van der Waals surface area (Å²) < 4.78 is 37.3. The van der Waals surface area contributed by atoms with E-state index in [-0.39, 0.29) is 3.70 Å². The molecule has 6 heteroatoms. The largest absolute Gasteiger partial charge is 0.268 e. The van der Waals surface area contributed by atoms with Crippen molar-refractivity contribution in [2.45, 2.75) is 6.43 Å². The SMILES string of the molecule is N#Cc1cnc(I)c(F)c1C(F)F. The molecule has 1 heterocycles. The van der Waals surface area contributed by atoms with Gasteiger partial charge in [0.2, 0.25) is 0 Å². The van der Waals surface area contributed by atoms with Crippen molar-refractivity contribution in [3.8, 4) is 6.07 Å². The van der Waals surface area contributed by atoms with E-state index in [1.54, 1.807) is 0 Å². The minimum absolute atomic E-state index is 0.160. The van der Waals surface area contributed by atoms with E-state index in [0.717, 1.165) is 6.20 Å². The first-order valence-corrected chi connectivity index (χ1v) is 4.18. The average molecular weight is 298 g/mol. The maximum atomic E-state index is 13.0. The van der Waals surface area contributed by atoms with Gasteiger partial charge in [0.25, 0.3) is 6.43 Å². The summed E-state index contributed by atoms with van der Waals surface area (Å²) in [6.45, 7) is 0. The van der Waals surface area contributed by atoms with E-state index in [1.807, 2.05) is 0 Å². The van der Waals surface area contributed by atoms with E-state index < -0.39 is 23.4 Å². The van der Waals surface area contributed by atoms with Gasteiger partial charge in [-0.2, -0.15) is 5.26 Å². The van der Waals surface area contributed by atoms with Crippen LogP contribution in [0.4, 0.5) is 13.2 Å². The van der Waals surface area contributed by atoms with Crippen molar-refractivity contribution >= 4 is 22.6 Å². The lowest BCUT2D eigenvalue weighted by atomic mass is 10.1. The first-order chi connectivity index (χ1) is 6.07. The third kappa shape index (κ3) is 1.91. The first-order valence-electron chi connectivity index (χ1n) is 3.10. The van der Waals surface area contributed by atoms with Gasteiger partial charge >= 0.3 is 0 Å². The Kier molecular flexibility index (Phi) is 3.08. The lowest BCUT2D eigenvalue weighted by molar-refractivity contribution is 0.145. The van der Waals surface area contributed by atoms with E-state index in [2.05, 4.69) is 4.98 Å². The number of alkyl halides is 2. The minimum atomic E-state index is -2.99. The molecule has 2 nitrogen and oxygen atoms in total. The fourth-order valence-electron chi connectivity index (χ4n) is 0.779. The molecule has 0 fully saturated rings. The van der Waals surface area contributed by atoms with Gasteiger partial charge in [0, 0.05) is 6.20 Å². The highest BCUT2D eigenvalue weighted by molar-refractivity contribution is 14.1. The Bertz CT molecular complexity index is 373. The van der Waals surface area contributed by atoms with Crippen molar-refractivity contribution in [1.29, 1.82) is 5.26 Å². The van der Waals surface area contributed by atoms with E-state index in [4.69, 9.17) is 5.26 Å². The molecule has 1 rings (SSSR count). The van der Waals surface area contributed by atoms with Crippen LogP contribution < -0.4 is 0 Å². The van der Waals surface area contributed by atoms with Gasteiger partial charge in [-0.3, -0.25) is 0 Å². The lowest BCUT2D eigenvalue weighted by Gasteiger charge is -2.04. The molecule has 0 saturated carbocycles. The Morgan fingerprint density at radius 3 is 2.62 bits per heavy atom. The van der Waals surface area contributed by atoms with Crippen LogP contribution in [0.1, 0.15) is 17.6 Å². The molecule has 1 aromatic rings. The summed E-state index contributed by atoms with van der Waals surface area (Å²) in [6.07, 6.45) is -2.06. The zero-order valence-electron chi connectivity index (χ0n) is 6.06. The Morgan fingerprint density at radius 2 is 2.15 bits per heavy atom. The summed E-state index contributed by atoms with van der Waals surface area (Å²) in [4.78, 5) is 3.45. The molecule has 0 atom stereocenters. The highest BCUT2D eigenvalue weighted by Crippen LogP contribution is 2.26. The summed E-state index contributed by atoms with van der Waals surface area (Å²) in [6, 6.07) is 1.46. The summed E-state index contributed by atoms with van der Waals surface area (Å²) in [5, 5.41) is 8.39. The highest BCUT2D eigenvalue weighted by Gasteiger charge is 2.21. The summed E-state index contributed by atoms with van der Waals surface area (Å²) in [7, 11) is 0. The molecule has 0 aromatic carbocycles. The number of hydrogen-bond donors (Lipinski definition) is 0. The van der Waals surface area contributed by atoms with Crippen LogP contribution in [0.25, 0.3) is 0 Å². The summed E-state index contributed by atoms with van der Waals surface area (Å²) >= 11 is 1.49. The molecule has 0 amide bonds. The topological polar surface area (TPSA) is 36.7 Å². The number of pyridine rings is 1. The van der Waals surface area contributed by atoms with Crippen molar-refractivity contribution in [2.24, 2.45) is 0 Å². The van der Waals surface area contributed by atoms with Crippen LogP contribution in [-0.4, -0.2) is 4.98 Å². The second kappa shape index (κ2) is 3.91. The lowest BCUT2D eigenvalue weighted by Crippen LogP contribution is -2.00. The van der Waals surface area contributed by atoms with Crippen LogP contribution in [0.3, 0.4) is 0 Å². The smallest absolute Gasteiger partial charge is 0.246 e. The number of halogens is 4. The standard InChI is InChI=1S/C7H2F3IN2/c8-5-4(6(9)10)3(1-12)2-13-7(5)11/h2,6H. The van der Waals surface area contributed by atoms with Gasteiger partial charge in [-0.15, -0.1) is 0 Å². The van der Waals surface area contributed by atoms with Crippen LogP contribution in [0.2, 0.25) is 0 Å². The van der Waals surface area contributed by atoms with Gasteiger partial charge in [-0.05, 0) is 22.6 Å². The number of aromatic nitrogens is 1. The minimum Gasteiger partial charge on any atom is -0.246 e. The Labute approximate surface area is 85.5 Å². The number of nitrogens with zero attached hydrogens (tertiary/aromatic N) is 2. The van der Waals surface area contributed by atoms with Crippen molar-refractivity contribution < 1.29 is 13.2 Å². The van der Waals surface area contributed by atoms with E-state index in [1.165, 1.54) is 28.7 Å². The van der Waals surface area contributed by atoms with Crippen molar-refractivity contribution in [3.63, 3.8) is 0 Å². The average Bonchev–Trinajstić information content (AvgIpc) is 2.08. The molecule has 1 aromatic heterocycles. The molecule has 0 aliphatic rings. The maximum absolute atomic E-state index is 13.0. The van der Waals surface area contributed by atoms with Gasteiger partial charge < -0.3 is 0 Å². The number of nitriles is 1. The number of rotatable bonds is 1. The molecule has 0 spiro atoms. The molecule has 0 N–H and O–H groups in total. The monoisotopic (exact) mass is 298 g/mol. The van der Waals surface area contributed by atoms with Crippen LogP contribution in [0, 0.1) is 20.8 Å². The molecular formula is C7H2F3IN2. The second-order valence-corrected chi connectivity index (χ2v) is 3.12. The Hall–Kier alpha value is -0.840. The van der Waals surface area contributed by atoms with Crippen molar-refractivity contribution in [3.05, 3.63) is 26.8 Å². The van der Waals surface area contributed by atoms with Crippen LogP contribution >= 0.6 is 22.6 Å². The van der Waals surface area contributed by atoms with Crippen molar-refractivity contribution in [1.82, 2.24) is 4.98 Å². The molecule has 0 aliphatic carbocycles. The van der Waals surface area contributed by atoms with Crippen LogP contribution in [0.5, 0.6) is 0 Å². The molecule has 68 valence electrons. The molecule has 0 aliphatic heterocycles. The van der Waals surface area contributed by atoms with E-state index in [9.17, 15) is 13.2 Å². The molecule has 0 radical (unpaired) electrons. The Morgan fingerprint density at radius 1 is 1.54 bits per heavy atom. The summed E-state index contributed by atoms with van der Waals surface area (Å²) in [5.41, 5.74) is -1.30. The molecule has 0 bridgehead atoms. The predicted octanol–water partition coefficient (Wildman–Crippen LogP) is 2.63. The van der Waals surface area contributed by atoms with E-state index >= 15 is 0 Å². The molecule has 0 unspecified atom stereocenters. The number of hydrogen-bond acceptors (Lipinski definition) is 2. The van der Waals surface area contributed by atoms with Gasteiger partial charge in [0.1, 0.15) is 9.77 Å². The highest BCUT2D eigenvalue weighted by atomic mass is 127.